The third kappa shape index (κ3) is 4.77. The Morgan fingerprint density at radius 1 is 1.29 bits per heavy atom. The molecule has 0 saturated heterocycles. The summed E-state index contributed by atoms with van der Waals surface area (Å²) in [4.78, 5) is 24.5. The minimum atomic E-state index is -0.877. The Hall–Kier alpha value is -2.04. The zero-order valence-electron chi connectivity index (χ0n) is 12.3. The zero-order valence-corrected chi connectivity index (χ0v) is 12.3. The number of carboxylic acid groups (broad SMARTS) is 1. The highest BCUT2D eigenvalue weighted by Gasteiger charge is 2.32. The number of carbonyl (C=O) groups excluding carboxylic acids is 1. The standard InChI is InChI=1S/C16H22N2O3/c1-2-3-12-4-6-13(7-5-12)17-16(21)18(14-8-9-14)11-10-15(19)20/h4-7,14H,2-3,8-11H2,1H3,(H,17,21)(H,19,20). The Bertz CT molecular complexity index is 495. The summed E-state index contributed by atoms with van der Waals surface area (Å²) in [6.07, 6.45) is 4.03. The van der Waals surface area contributed by atoms with Gasteiger partial charge in [0, 0.05) is 18.3 Å². The van der Waals surface area contributed by atoms with Gasteiger partial charge in [-0.3, -0.25) is 4.79 Å². The molecular formula is C16H22N2O3. The van der Waals surface area contributed by atoms with Crippen molar-refractivity contribution in [3.63, 3.8) is 0 Å². The van der Waals surface area contributed by atoms with Crippen LogP contribution in [0.15, 0.2) is 24.3 Å². The zero-order chi connectivity index (χ0) is 15.2. The van der Waals surface area contributed by atoms with Crippen molar-refractivity contribution < 1.29 is 14.7 Å². The van der Waals surface area contributed by atoms with E-state index in [1.54, 1.807) is 4.90 Å². The number of rotatable bonds is 7. The first-order valence-corrected chi connectivity index (χ1v) is 7.48. The van der Waals surface area contributed by atoms with E-state index in [0.717, 1.165) is 31.4 Å². The molecule has 1 saturated carbocycles. The maximum atomic E-state index is 12.2. The first-order chi connectivity index (χ1) is 10.1. The highest BCUT2D eigenvalue weighted by atomic mass is 16.4. The number of benzene rings is 1. The summed E-state index contributed by atoms with van der Waals surface area (Å²) in [6, 6.07) is 7.80. The van der Waals surface area contributed by atoms with E-state index in [1.807, 2.05) is 24.3 Å². The highest BCUT2D eigenvalue weighted by molar-refractivity contribution is 5.90. The van der Waals surface area contributed by atoms with E-state index >= 15 is 0 Å². The summed E-state index contributed by atoms with van der Waals surface area (Å²) in [5, 5.41) is 11.6. The van der Waals surface area contributed by atoms with Crippen LogP contribution in [0, 0.1) is 0 Å². The highest BCUT2D eigenvalue weighted by Crippen LogP contribution is 2.27. The number of carboxylic acids is 1. The fourth-order valence-electron chi connectivity index (χ4n) is 2.29. The second kappa shape index (κ2) is 7.11. The second-order valence-corrected chi connectivity index (χ2v) is 5.45. The number of nitrogens with zero attached hydrogens (tertiary/aromatic N) is 1. The van der Waals surface area contributed by atoms with Crippen molar-refractivity contribution in [3.05, 3.63) is 29.8 Å². The lowest BCUT2D eigenvalue weighted by molar-refractivity contribution is -0.137. The molecule has 0 unspecified atom stereocenters. The van der Waals surface area contributed by atoms with Gasteiger partial charge in [-0.1, -0.05) is 25.5 Å². The van der Waals surface area contributed by atoms with Gasteiger partial charge in [0.25, 0.3) is 0 Å². The lowest BCUT2D eigenvalue weighted by Crippen LogP contribution is -2.38. The monoisotopic (exact) mass is 290 g/mol. The van der Waals surface area contributed by atoms with Crippen molar-refractivity contribution in [1.29, 1.82) is 0 Å². The molecule has 1 aromatic rings. The quantitative estimate of drug-likeness (QED) is 0.810. The van der Waals surface area contributed by atoms with Gasteiger partial charge in [0.15, 0.2) is 0 Å². The summed E-state index contributed by atoms with van der Waals surface area (Å²) < 4.78 is 0. The van der Waals surface area contributed by atoms with Gasteiger partial charge in [-0.2, -0.15) is 0 Å². The topological polar surface area (TPSA) is 69.6 Å². The molecule has 2 rings (SSSR count). The van der Waals surface area contributed by atoms with Crippen molar-refractivity contribution in [1.82, 2.24) is 4.90 Å². The van der Waals surface area contributed by atoms with Crippen molar-refractivity contribution in [3.8, 4) is 0 Å². The largest absolute Gasteiger partial charge is 0.481 e. The molecule has 5 nitrogen and oxygen atoms in total. The van der Waals surface area contributed by atoms with Gasteiger partial charge in [0.2, 0.25) is 0 Å². The molecule has 0 heterocycles. The van der Waals surface area contributed by atoms with Crippen molar-refractivity contribution in [2.75, 3.05) is 11.9 Å². The van der Waals surface area contributed by atoms with Crippen LogP contribution in [-0.2, 0) is 11.2 Å². The number of aliphatic carboxylic acids is 1. The van der Waals surface area contributed by atoms with Gasteiger partial charge >= 0.3 is 12.0 Å². The summed E-state index contributed by atoms with van der Waals surface area (Å²) in [6.45, 7) is 2.39. The molecule has 0 spiro atoms. The number of carbonyl (C=O) groups is 2. The van der Waals surface area contributed by atoms with Crippen LogP contribution in [0.4, 0.5) is 10.5 Å². The van der Waals surface area contributed by atoms with E-state index in [4.69, 9.17) is 5.11 Å². The third-order valence-electron chi connectivity index (χ3n) is 3.56. The maximum Gasteiger partial charge on any atom is 0.322 e. The molecule has 1 aliphatic rings. The molecule has 0 aromatic heterocycles. The van der Waals surface area contributed by atoms with Gasteiger partial charge in [0.1, 0.15) is 0 Å². The predicted molar refractivity (Wildman–Crippen MR) is 81.4 cm³/mol. The summed E-state index contributed by atoms with van der Waals surface area (Å²) in [5.41, 5.74) is 2.00. The van der Waals surface area contributed by atoms with Crippen LogP contribution in [0.2, 0.25) is 0 Å². The number of hydrogen-bond acceptors (Lipinski definition) is 2. The third-order valence-corrected chi connectivity index (χ3v) is 3.56. The fraction of sp³-hybridized carbons (Fsp3) is 0.500. The van der Waals surface area contributed by atoms with Gasteiger partial charge in [0.05, 0.1) is 6.42 Å². The lowest BCUT2D eigenvalue weighted by atomic mass is 10.1. The molecule has 1 fully saturated rings. The Morgan fingerprint density at radius 2 is 1.95 bits per heavy atom. The average Bonchev–Trinajstić information content (AvgIpc) is 3.26. The molecule has 2 amide bonds. The molecule has 1 aromatic carbocycles. The summed E-state index contributed by atoms with van der Waals surface area (Å²) in [7, 11) is 0. The van der Waals surface area contributed by atoms with E-state index in [2.05, 4.69) is 12.2 Å². The average molecular weight is 290 g/mol. The van der Waals surface area contributed by atoms with Crippen LogP contribution in [-0.4, -0.2) is 34.6 Å². The van der Waals surface area contributed by atoms with Crippen molar-refractivity contribution in [2.24, 2.45) is 0 Å². The molecular weight excluding hydrogens is 268 g/mol. The van der Waals surface area contributed by atoms with Crippen LogP contribution in [0.1, 0.15) is 38.2 Å². The van der Waals surface area contributed by atoms with E-state index < -0.39 is 5.97 Å². The predicted octanol–water partition coefficient (Wildman–Crippen LogP) is 3.11. The molecule has 0 radical (unpaired) electrons. The first kappa shape index (κ1) is 15.4. The number of anilines is 1. The molecule has 2 N–H and O–H groups in total. The van der Waals surface area contributed by atoms with E-state index in [-0.39, 0.29) is 25.0 Å². The molecule has 0 bridgehead atoms. The van der Waals surface area contributed by atoms with Gasteiger partial charge in [-0.25, -0.2) is 4.79 Å². The first-order valence-electron chi connectivity index (χ1n) is 7.48. The number of urea groups is 1. The molecule has 21 heavy (non-hydrogen) atoms. The van der Waals surface area contributed by atoms with Crippen molar-refractivity contribution >= 4 is 17.7 Å². The van der Waals surface area contributed by atoms with Gasteiger partial charge in [-0.05, 0) is 37.0 Å². The SMILES string of the molecule is CCCc1ccc(NC(=O)N(CCC(=O)O)C2CC2)cc1. The number of nitrogens with one attached hydrogen (secondary N) is 1. The summed E-state index contributed by atoms with van der Waals surface area (Å²) >= 11 is 0. The Morgan fingerprint density at radius 3 is 2.48 bits per heavy atom. The van der Waals surface area contributed by atoms with Crippen LogP contribution >= 0.6 is 0 Å². The van der Waals surface area contributed by atoms with E-state index in [1.165, 1.54) is 5.56 Å². The van der Waals surface area contributed by atoms with Crippen LogP contribution in [0.25, 0.3) is 0 Å². The molecule has 114 valence electrons. The molecule has 0 atom stereocenters. The Kier molecular flexibility index (Phi) is 5.20. The molecule has 1 aliphatic carbocycles. The Labute approximate surface area is 125 Å². The maximum absolute atomic E-state index is 12.2. The number of aryl methyl sites for hydroxylation is 1. The minimum Gasteiger partial charge on any atom is -0.481 e. The van der Waals surface area contributed by atoms with Gasteiger partial charge in [-0.15, -0.1) is 0 Å². The summed E-state index contributed by atoms with van der Waals surface area (Å²) in [5.74, 6) is -0.877. The smallest absolute Gasteiger partial charge is 0.322 e. The van der Waals surface area contributed by atoms with E-state index in [9.17, 15) is 9.59 Å². The number of hydrogen-bond donors (Lipinski definition) is 2. The Balaban J connectivity index is 1.92. The fourth-order valence-corrected chi connectivity index (χ4v) is 2.29. The van der Waals surface area contributed by atoms with Crippen LogP contribution in [0.3, 0.4) is 0 Å². The van der Waals surface area contributed by atoms with Crippen molar-refractivity contribution in [2.45, 2.75) is 45.1 Å². The normalized spacial score (nSPS) is 13.8. The van der Waals surface area contributed by atoms with Gasteiger partial charge < -0.3 is 15.3 Å². The second-order valence-electron chi connectivity index (χ2n) is 5.45. The van der Waals surface area contributed by atoms with E-state index in [0.29, 0.717) is 0 Å². The lowest BCUT2D eigenvalue weighted by Gasteiger charge is -2.22. The minimum absolute atomic E-state index is 0.0145. The number of amides is 2. The van der Waals surface area contributed by atoms with Crippen LogP contribution in [0.5, 0.6) is 0 Å². The molecule has 0 aliphatic heterocycles. The van der Waals surface area contributed by atoms with Crippen LogP contribution < -0.4 is 5.32 Å². The molecule has 5 heteroatoms.